The average molecular weight is 349 g/mol. The zero-order valence-corrected chi connectivity index (χ0v) is 14.8. The molecule has 126 valence electrons. The van der Waals surface area contributed by atoms with Gasteiger partial charge >= 0.3 is 0 Å². The fourth-order valence-corrected chi connectivity index (χ4v) is 3.37. The normalized spacial score (nSPS) is 10.4. The van der Waals surface area contributed by atoms with Crippen molar-refractivity contribution in [3.63, 3.8) is 0 Å². The van der Waals surface area contributed by atoms with Crippen molar-refractivity contribution in [2.24, 2.45) is 0 Å². The zero-order chi connectivity index (χ0) is 17.6. The summed E-state index contributed by atoms with van der Waals surface area (Å²) in [7, 11) is 0. The molecule has 4 heteroatoms. The van der Waals surface area contributed by atoms with E-state index in [1.807, 2.05) is 73.7 Å². The highest BCUT2D eigenvalue weighted by atomic mass is 32.1. The van der Waals surface area contributed by atoms with Crippen molar-refractivity contribution < 1.29 is 9.59 Å². The van der Waals surface area contributed by atoms with Crippen molar-refractivity contribution >= 4 is 28.7 Å². The molecule has 0 unspecified atom stereocenters. The van der Waals surface area contributed by atoms with Crippen LogP contribution in [0.1, 0.15) is 27.4 Å². The predicted molar refractivity (Wildman–Crippen MR) is 103 cm³/mol. The maximum Gasteiger partial charge on any atom is 0.224 e. The molecule has 0 atom stereocenters. The number of hydrogen-bond acceptors (Lipinski definition) is 3. The summed E-state index contributed by atoms with van der Waals surface area (Å²) < 4.78 is 0. The molecule has 0 aliphatic heterocycles. The Hall–Kier alpha value is -2.72. The molecular formula is C21H19NO2S. The Morgan fingerprint density at radius 2 is 1.52 bits per heavy atom. The van der Waals surface area contributed by atoms with E-state index in [9.17, 15) is 9.59 Å². The van der Waals surface area contributed by atoms with Crippen LogP contribution in [-0.2, 0) is 4.79 Å². The summed E-state index contributed by atoms with van der Waals surface area (Å²) >= 11 is 1.47. The van der Waals surface area contributed by atoms with Crippen LogP contribution in [-0.4, -0.2) is 11.7 Å². The van der Waals surface area contributed by atoms with E-state index in [1.54, 1.807) is 0 Å². The van der Waals surface area contributed by atoms with E-state index in [4.69, 9.17) is 0 Å². The van der Waals surface area contributed by atoms with Crippen LogP contribution in [0.4, 0.5) is 5.69 Å². The van der Waals surface area contributed by atoms with Crippen LogP contribution in [0.15, 0.2) is 66.7 Å². The number of rotatable bonds is 6. The number of carbonyl (C=O) groups excluding carboxylic acids is 2. The standard InChI is InChI=1S/C21H19NO2S/c1-15-7-13-20(25-15)19(23)12-14-21(24)22-18-10-8-17(9-11-18)16-5-3-2-4-6-16/h2-11,13H,12,14H2,1H3,(H,22,24). The van der Waals surface area contributed by atoms with E-state index in [1.165, 1.54) is 11.3 Å². The molecule has 0 saturated heterocycles. The lowest BCUT2D eigenvalue weighted by Gasteiger charge is -2.06. The minimum atomic E-state index is -0.144. The van der Waals surface area contributed by atoms with Crippen molar-refractivity contribution in [3.8, 4) is 11.1 Å². The molecular weight excluding hydrogens is 330 g/mol. The number of aryl methyl sites for hydroxylation is 1. The molecule has 0 spiro atoms. The lowest BCUT2D eigenvalue weighted by atomic mass is 10.1. The van der Waals surface area contributed by atoms with Gasteiger partial charge in [-0.1, -0.05) is 42.5 Å². The van der Waals surface area contributed by atoms with E-state index in [2.05, 4.69) is 5.32 Å². The lowest BCUT2D eigenvalue weighted by molar-refractivity contribution is -0.116. The summed E-state index contributed by atoms with van der Waals surface area (Å²) in [6.07, 6.45) is 0.421. The molecule has 3 aromatic rings. The van der Waals surface area contributed by atoms with Crippen molar-refractivity contribution in [1.82, 2.24) is 0 Å². The van der Waals surface area contributed by atoms with Gasteiger partial charge in [0, 0.05) is 23.4 Å². The van der Waals surface area contributed by atoms with Gasteiger partial charge in [-0.2, -0.15) is 0 Å². The monoisotopic (exact) mass is 349 g/mol. The number of benzene rings is 2. The number of nitrogens with one attached hydrogen (secondary N) is 1. The van der Waals surface area contributed by atoms with Crippen LogP contribution >= 0.6 is 11.3 Å². The molecule has 0 saturated carbocycles. The van der Waals surface area contributed by atoms with Crippen molar-refractivity contribution in [1.29, 1.82) is 0 Å². The van der Waals surface area contributed by atoms with Crippen LogP contribution in [0.2, 0.25) is 0 Å². The summed E-state index contributed by atoms with van der Waals surface area (Å²) in [5.41, 5.74) is 2.98. The van der Waals surface area contributed by atoms with Gasteiger partial charge in [-0.05, 0) is 42.3 Å². The third kappa shape index (κ3) is 4.64. The van der Waals surface area contributed by atoms with Crippen LogP contribution in [0.5, 0.6) is 0 Å². The van der Waals surface area contributed by atoms with Gasteiger partial charge in [0.1, 0.15) is 0 Å². The number of ketones is 1. The highest BCUT2D eigenvalue weighted by Crippen LogP contribution is 2.21. The van der Waals surface area contributed by atoms with Crippen LogP contribution in [0.3, 0.4) is 0 Å². The first-order valence-corrected chi connectivity index (χ1v) is 8.98. The number of anilines is 1. The highest BCUT2D eigenvalue weighted by molar-refractivity contribution is 7.14. The van der Waals surface area contributed by atoms with E-state index >= 15 is 0 Å². The SMILES string of the molecule is Cc1ccc(C(=O)CCC(=O)Nc2ccc(-c3ccccc3)cc2)s1. The van der Waals surface area contributed by atoms with Gasteiger partial charge in [0.05, 0.1) is 4.88 Å². The minimum Gasteiger partial charge on any atom is -0.326 e. The summed E-state index contributed by atoms with van der Waals surface area (Å²) in [5, 5.41) is 2.84. The van der Waals surface area contributed by atoms with E-state index in [0.29, 0.717) is 0 Å². The minimum absolute atomic E-state index is 0.0210. The topological polar surface area (TPSA) is 46.2 Å². The van der Waals surface area contributed by atoms with Gasteiger partial charge in [0.15, 0.2) is 5.78 Å². The second-order valence-corrected chi connectivity index (χ2v) is 7.11. The second-order valence-electron chi connectivity index (χ2n) is 5.83. The van der Waals surface area contributed by atoms with Crippen molar-refractivity contribution in [2.75, 3.05) is 5.32 Å². The average Bonchev–Trinajstić information content (AvgIpc) is 3.08. The smallest absolute Gasteiger partial charge is 0.224 e. The Labute approximate surface area is 151 Å². The van der Waals surface area contributed by atoms with E-state index in [-0.39, 0.29) is 24.5 Å². The Morgan fingerprint density at radius 3 is 2.16 bits per heavy atom. The highest BCUT2D eigenvalue weighted by Gasteiger charge is 2.11. The molecule has 3 nitrogen and oxygen atoms in total. The summed E-state index contributed by atoms with van der Waals surface area (Å²) in [5.74, 6) is -0.123. The Balaban J connectivity index is 1.53. The molecule has 25 heavy (non-hydrogen) atoms. The first-order valence-electron chi connectivity index (χ1n) is 8.17. The first kappa shape index (κ1) is 17.1. The molecule has 0 bridgehead atoms. The molecule has 0 radical (unpaired) electrons. The molecule has 2 aromatic carbocycles. The van der Waals surface area contributed by atoms with Gasteiger partial charge in [0.2, 0.25) is 5.91 Å². The van der Waals surface area contributed by atoms with Gasteiger partial charge < -0.3 is 5.32 Å². The largest absolute Gasteiger partial charge is 0.326 e. The molecule has 1 heterocycles. The Morgan fingerprint density at radius 1 is 0.840 bits per heavy atom. The first-order chi connectivity index (χ1) is 12.1. The van der Waals surface area contributed by atoms with Crippen molar-refractivity contribution in [2.45, 2.75) is 19.8 Å². The quantitative estimate of drug-likeness (QED) is 0.612. The molecule has 0 fully saturated rings. The fourth-order valence-electron chi connectivity index (χ4n) is 2.53. The zero-order valence-electron chi connectivity index (χ0n) is 14.0. The maximum atomic E-state index is 12.0. The number of Topliss-reactive ketones (excluding diaryl/α,β-unsaturated/α-hetero) is 1. The molecule has 1 N–H and O–H groups in total. The molecule has 0 aliphatic rings. The number of thiophene rings is 1. The summed E-state index contributed by atoms with van der Waals surface area (Å²) in [6.45, 7) is 1.97. The maximum absolute atomic E-state index is 12.0. The Bertz CT molecular complexity index is 866. The summed E-state index contributed by atoms with van der Waals surface area (Å²) in [4.78, 5) is 25.9. The molecule has 1 aromatic heterocycles. The molecule has 0 aliphatic carbocycles. The second kappa shape index (κ2) is 7.90. The third-order valence-electron chi connectivity index (χ3n) is 3.87. The van der Waals surface area contributed by atoms with Crippen LogP contribution < -0.4 is 5.32 Å². The molecule has 1 amide bonds. The fraction of sp³-hybridized carbons (Fsp3) is 0.143. The van der Waals surface area contributed by atoms with Gasteiger partial charge in [0.25, 0.3) is 0 Å². The lowest BCUT2D eigenvalue weighted by Crippen LogP contribution is -2.13. The number of hydrogen-bond donors (Lipinski definition) is 1. The van der Waals surface area contributed by atoms with Gasteiger partial charge in [-0.25, -0.2) is 0 Å². The Kier molecular flexibility index (Phi) is 5.41. The van der Waals surface area contributed by atoms with Crippen LogP contribution in [0, 0.1) is 6.92 Å². The predicted octanol–water partition coefficient (Wildman–Crippen LogP) is 5.33. The summed E-state index contributed by atoms with van der Waals surface area (Å²) in [6, 6.07) is 21.5. The van der Waals surface area contributed by atoms with E-state index in [0.717, 1.165) is 26.6 Å². The number of amides is 1. The van der Waals surface area contributed by atoms with Gasteiger partial charge in [-0.3, -0.25) is 9.59 Å². The van der Waals surface area contributed by atoms with E-state index < -0.39 is 0 Å². The third-order valence-corrected chi connectivity index (χ3v) is 4.91. The van der Waals surface area contributed by atoms with Crippen LogP contribution in [0.25, 0.3) is 11.1 Å². The van der Waals surface area contributed by atoms with Gasteiger partial charge in [-0.15, -0.1) is 11.3 Å². The number of carbonyl (C=O) groups is 2. The van der Waals surface area contributed by atoms with Crippen molar-refractivity contribution in [3.05, 3.63) is 76.5 Å². The molecule has 3 rings (SSSR count).